The van der Waals surface area contributed by atoms with Crippen LogP contribution in [0.2, 0.25) is 0 Å². The second kappa shape index (κ2) is 4.65. The molecule has 2 atom stereocenters. The lowest BCUT2D eigenvalue weighted by Gasteiger charge is -2.20. The van der Waals surface area contributed by atoms with Crippen molar-refractivity contribution in [2.75, 3.05) is 7.05 Å². The van der Waals surface area contributed by atoms with Gasteiger partial charge in [-0.2, -0.15) is 5.10 Å². The van der Waals surface area contributed by atoms with Crippen molar-refractivity contribution in [2.24, 2.45) is 11.7 Å². The lowest BCUT2D eigenvalue weighted by Crippen LogP contribution is -2.32. The molecule has 2 unspecified atom stereocenters. The van der Waals surface area contributed by atoms with Crippen molar-refractivity contribution < 1.29 is 4.79 Å². The summed E-state index contributed by atoms with van der Waals surface area (Å²) in [4.78, 5) is 13.8. The van der Waals surface area contributed by atoms with Crippen LogP contribution in [0, 0.1) is 5.92 Å². The van der Waals surface area contributed by atoms with Gasteiger partial charge in [-0.25, -0.2) is 0 Å². The quantitative estimate of drug-likeness (QED) is 0.781. The Morgan fingerprint density at radius 2 is 2.50 bits per heavy atom. The molecule has 1 aromatic rings. The van der Waals surface area contributed by atoms with Crippen molar-refractivity contribution in [3.8, 4) is 0 Å². The van der Waals surface area contributed by atoms with E-state index in [1.54, 1.807) is 11.1 Å². The van der Waals surface area contributed by atoms with Crippen LogP contribution < -0.4 is 5.73 Å². The summed E-state index contributed by atoms with van der Waals surface area (Å²) in [5.41, 5.74) is 6.84. The van der Waals surface area contributed by atoms with E-state index in [2.05, 4.69) is 10.2 Å². The van der Waals surface area contributed by atoms with Gasteiger partial charge in [0, 0.05) is 37.3 Å². The average Bonchev–Trinajstić information content (AvgIpc) is 2.88. The van der Waals surface area contributed by atoms with Gasteiger partial charge in [0.2, 0.25) is 5.91 Å². The van der Waals surface area contributed by atoms with Gasteiger partial charge < -0.3 is 10.6 Å². The summed E-state index contributed by atoms with van der Waals surface area (Å²) in [7, 11) is 1.83. The minimum Gasteiger partial charge on any atom is -0.341 e. The molecule has 5 nitrogen and oxygen atoms in total. The smallest absolute Gasteiger partial charge is 0.225 e. The molecule has 0 bridgehead atoms. The molecule has 1 aromatic heterocycles. The van der Waals surface area contributed by atoms with Crippen LogP contribution in [-0.4, -0.2) is 34.1 Å². The first-order valence-electron chi connectivity index (χ1n) is 5.65. The van der Waals surface area contributed by atoms with Gasteiger partial charge in [0.05, 0.1) is 6.20 Å². The van der Waals surface area contributed by atoms with Crippen LogP contribution in [0.25, 0.3) is 0 Å². The number of H-pyrrole nitrogens is 1. The molecule has 0 aliphatic heterocycles. The molecule has 0 aromatic carbocycles. The second-order valence-electron chi connectivity index (χ2n) is 4.57. The van der Waals surface area contributed by atoms with Gasteiger partial charge in [-0.3, -0.25) is 9.89 Å². The Labute approximate surface area is 95.0 Å². The predicted octanol–water partition coefficient (Wildman–Crippen LogP) is 0.496. The van der Waals surface area contributed by atoms with E-state index >= 15 is 0 Å². The molecule has 3 N–H and O–H groups in total. The largest absolute Gasteiger partial charge is 0.341 e. The Hall–Kier alpha value is -1.36. The molecule has 5 heteroatoms. The fourth-order valence-corrected chi connectivity index (χ4v) is 2.27. The summed E-state index contributed by atoms with van der Waals surface area (Å²) >= 11 is 0. The topological polar surface area (TPSA) is 75.0 Å². The van der Waals surface area contributed by atoms with Crippen molar-refractivity contribution in [2.45, 2.75) is 31.8 Å². The van der Waals surface area contributed by atoms with Crippen LogP contribution in [0.3, 0.4) is 0 Å². The monoisotopic (exact) mass is 222 g/mol. The van der Waals surface area contributed by atoms with Gasteiger partial charge in [-0.15, -0.1) is 0 Å². The van der Waals surface area contributed by atoms with Gasteiger partial charge in [0.15, 0.2) is 0 Å². The third-order valence-corrected chi connectivity index (χ3v) is 3.17. The van der Waals surface area contributed by atoms with Gasteiger partial charge >= 0.3 is 0 Å². The number of carbonyl (C=O) groups excluding carboxylic acids is 1. The third-order valence-electron chi connectivity index (χ3n) is 3.17. The van der Waals surface area contributed by atoms with Crippen molar-refractivity contribution in [3.63, 3.8) is 0 Å². The number of nitrogens with zero attached hydrogens (tertiary/aromatic N) is 2. The number of aromatic amines is 1. The molecule has 0 radical (unpaired) electrons. The summed E-state index contributed by atoms with van der Waals surface area (Å²) in [6, 6.07) is 0.205. The molecule has 1 heterocycles. The maximum atomic E-state index is 12.1. The second-order valence-corrected chi connectivity index (χ2v) is 4.57. The molecule has 0 saturated heterocycles. The lowest BCUT2D eigenvalue weighted by atomic mass is 10.1. The summed E-state index contributed by atoms with van der Waals surface area (Å²) in [6.45, 7) is 0.612. The number of amides is 1. The van der Waals surface area contributed by atoms with Crippen LogP contribution in [-0.2, 0) is 11.3 Å². The summed E-state index contributed by atoms with van der Waals surface area (Å²) in [5, 5.41) is 6.60. The third kappa shape index (κ3) is 2.41. The Balaban J connectivity index is 1.89. The molecule has 88 valence electrons. The number of nitrogens with two attached hydrogens (primary N) is 1. The SMILES string of the molecule is CN(Cc1cn[nH]c1)C(=O)C1CCC(N)C1. The van der Waals surface area contributed by atoms with Crippen molar-refractivity contribution in [1.29, 1.82) is 0 Å². The normalized spacial score (nSPS) is 24.6. The number of rotatable bonds is 3. The van der Waals surface area contributed by atoms with E-state index in [-0.39, 0.29) is 17.9 Å². The fraction of sp³-hybridized carbons (Fsp3) is 0.636. The van der Waals surface area contributed by atoms with Crippen LogP contribution in [0.4, 0.5) is 0 Å². The Kier molecular flexibility index (Phi) is 3.24. The fourth-order valence-electron chi connectivity index (χ4n) is 2.27. The standard InChI is InChI=1S/C11H18N4O/c1-15(7-8-5-13-14-6-8)11(16)9-2-3-10(12)4-9/h5-6,9-10H,2-4,7,12H2,1H3,(H,13,14). The van der Waals surface area contributed by atoms with Crippen molar-refractivity contribution in [1.82, 2.24) is 15.1 Å². The predicted molar refractivity (Wildman–Crippen MR) is 60.4 cm³/mol. The first kappa shape index (κ1) is 11.1. The average molecular weight is 222 g/mol. The van der Waals surface area contributed by atoms with Crippen LogP contribution in [0.1, 0.15) is 24.8 Å². The number of nitrogens with one attached hydrogen (secondary N) is 1. The molecule has 1 saturated carbocycles. The highest BCUT2D eigenvalue weighted by atomic mass is 16.2. The maximum Gasteiger partial charge on any atom is 0.225 e. The Bertz CT molecular complexity index is 349. The molecule has 1 aliphatic carbocycles. The number of carbonyl (C=O) groups is 1. The van der Waals surface area contributed by atoms with E-state index in [4.69, 9.17) is 5.73 Å². The van der Waals surface area contributed by atoms with E-state index in [1.807, 2.05) is 13.2 Å². The van der Waals surface area contributed by atoms with Gasteiger partial charge in [0.1, 0.15) is 0 Å². The molecule has 1 amide bonds. The summed E-state index contributed by atoms with van der Waals surface area (Å²) in [5.74, 6) is 0.320. The van der Waals surface area contributed by atoms with E-state index in [0.29, 0.717) is 6.54 Å². The van der Waals surface area contributed by atoms with Crippen molar-refractivity contribution in [3.05, 3.63) is 18.0 Å². The zero-order chi connectivity index (χ0) is 11.5. The van der Waals surface area contributed by atoms with Crippen molar-refractivity contribution >= 4 is 5.91 Å². The van der Waals surface area contributed by atoms with Crippen LogP contribution in [0.15, 0.2) is 12.4 Å². The Morgan fingerprint density at radius 1 is 1.69 bits per heavy atom. The number of hydrogen-bond donors (Lipinski definition) is 2. The summed E-state index contributed by atoms with van der Waals surface area (Å²) < 4.78 is 0. The zero-order valence-electron chi connectivity index (χ0n) is 9.52. The first-order chi connectivity index (χ1) is 7.66. The Morgan fingerprint density at radius 3 is 3.06 bits per heavy atom. The highest BCUT2D eigenvalue weighted by Gasteiger charge is 2.29. The molecular formula is C11H18N4O. The zero-order valence-corrected chi connectivity index (χ0v) is 9.52. The minimum atomic E-state index is 0.118. The first-order valence-corrected chi connectivity index (χ1v) is 5.65. The van der Waals surface area contributed by atoms with Crippen LogP contribution in [0.5, 0.6) is 0 Å². The molecule has 1 aliphatic rings. The van der Waals surface area contributed by atoms with E-state index < -0.39 is 0 Å². The molecule has 16 heavy (non-hydrogen) atoms. The van der Waals surface area contributed by atoms with Crippen LogP contribution >= 0.6 is 0 Å². The highest BCUT2D eigenvalue weighted by molar-refractivity contribution is 5.78. The van der Waals surface area contributed by atoms with Gasteiger partial charge in [-0.1, -0.05) is 0 Å². The van der Waals surface area contributed by atoms with Gasteiger partial charge in [0.25, 0.3) is 0 Å². The lowest BCUT2D eigenvalue weighted by molar-refractivity contribution is -0.134. The molecule has 0 spiro atoms. The summed E-state index contributed by atoms with van der Waals surface area (Å²) in [6.07, 6.45) is 6.27. The van der Waals surface area contributed by atoms with Gasteiger partial charge in [-0.05, 0) is 19.3 Å². The number of hydrogen-bond acceptors (Lipinski definition) is 3. The molecular weight excluding hydrogens is 204 g/mol. The molecule has 2 rings (SSSR count). The highest BCUT2D eigenvalue weighted by Crippen LogP contribution is 2.25. The van der Waals surface area contributed by atoms with E-state index in [9.17, 15) is 4.79 Å². The maximum absolute atomic E-state index is 12.1. The minimum absolute atomic E-state index is 0.118. The van der Waals surface area contributed by atoms with E-state index in [1.165, 1.54) is 0 Å². The molecule has 1 fully saturated rings. The number of aromatic nitrogens is 2. The van der Waals surface area contributed by atoms with E-state index in [0.717, 1.165) is 24.8 Å².